The van der Waals surface area contributed by atoms with Gasteiger partial charge in [0, 0.05) is 12.5 Å². The largest absolute Gasteiger partial charge is 0.573 e. The summed E-state index contributed by atoms with van der Waals surface area (Å²) < 4.78 is 40.0. The van der Waals surface area contributed by atoms with Gasteiger partial charge in [0.05, 0.1) is 0 Å². The molecule has 0 saturated heterocycles. The molecule has 0 aliphatic heterocycles. The van der Waals surface area contributed by atoms with E-state index in [1.54, 1.807) is 12.1 Å². The van der Waals surface area contributed by atoms with E-state index in [2.05, 4.69) is 4.74 Å². The van der Waals surface area contributed by atoms with Gasteiger partial charge in [-0.15, -0.1) is 13.2 Å². The number of benzene rings is 1. The first-order chi connectivity index (χ1) is 9.69. The molecule has 1 N–H and O–H groups in total. The van der Waals surface area contributed by atoms with Crippen LogP contribution >= 0.6 is 0 Å². The van der Waals surface area contributed by atoms with Crippen LogP contribution in [-0.2, 0) is 4.79 Å². The fourth-order valence-corrected chi connectivity index (χ4v) is 1.88. The monoisotopic (exact) mass is 305 g/mol. The Balaban J connectivity index is 2.57. The normalized spacial score (nSPS) is 13.2. The highest BCUT2D eigenvalue weighted by Crippen LogP contribution is 2.26. The minimum atomic E-state index is -4.69. The Labute approximate surface area is 121 Å². The van der Waals surface area contributed by atoms with E-state index < -0.39 is 12.3 Å². The third kappa shape index (κ3) is 6.48. The molecule has 7 heteroatoms. The van der Waals surface area contributed by atoms with Crippen molar-refractivity contribution in [2.45, 2.75) is 32.2 Å². The average molecular weight is 305 g/mol. The molecule has 0 aromatic heterocycles. The number of ether oxygens (including phenoxy) is 1. The van der Waals surface area contributed by atoms with Gasteiger partial charge in [-0.05, 0) is 44.6 Å². The lowest BCUT2D eigenvalue weighted by molar-refractivity contribution is -0.274. The highest BCUT2D eigenvalue weighted by Gasteiger charge is 2.31. The molecule has 4 nitrogen and oxygen atoms in total. The maximum absolute atomic E-state index is 12.1. The van der Waals surface area contributed by atoms with E-state index in [1.165, 1.54) is 12.1 Å². The van der Waals surface area contributed by atoms with Crippen molar-refractivity contribution in [3.05, 3.63) is 29.8 Å². The lowest BCUT2D eigenvalue weighted by Crippen LogP contribution is -2.24. The molecule has 0 amide bonds. The van der Waals surface area contributed by atoms with Gasteiger partial charge < -0.3 is 9.84 Å². The lowest BCUT2D eigenvalue weighted by atomic mass is 10.1. The van der Waals surface area contributed by atoms with Gasteiger partial charge in [-0.2, -0.15) is 0 Å². The Bertz CT molecular complexity index is 460. The zero-order chi connectivity index (χ0) is 16.0. The molecule has 0 bridgehead atoms. The van der Waals surface area contributed by atoms with Crippen LogP contribution in [0, 0.1) is 0 Å². The summed E-state index contributed by atoms with van der Waals surface area (Å²) in [5, 5.41) is 8.58. The standard InChI is InChI=1S/C14H18F3NO3/c1-10(18(2)9-3-4-13(19)20)11-5-7-12(8-6-11)21-14(15,16)17/h5-8,10H,3-4,9H2,1-2H3,(H,19,20). The number of carboxylic acid groups (broad SMARTS) is 1. The quantitative estimate of drug-likeness (QED) is 0.838. The number of hydrogen-bond donors (Lipinski definition) is 1. The zero-order valence-corrected chi connectivity index (χ0v) is 11.9. The van der Waals surface area contributed by atoms with Crippen molar-refractivity contribution in [2.75, 3.05) is 13.6 Å². The Morgan fingerprint density at radius 1 is 1.33 bits per heavy atom. The van der Waals surface area contributed by atoms with Gasteiger partial charge in [-0.25, -0.2) is 0 Å². The maximum atomic E-state index is 12.1. The van der Waals surface area contributed by atoms with Crippen LogP contribution in [0.25, 0.3) is 0 Å². The Kier molecular flexibility index (Phi) is 6.02. The highest BCUT2D eigenvalue weighted by molar-refractivity contribution is 5.66. The second kappa shape index (κ2) is 7.31. The first kappa shape index (κ1) is 17.3. The van der Waals surface area contributed by atoms with Gasteiger partial charge in [0.15, 0.2) is 0 Å². The van der Waals surface area contributed by atoms with Crippen LogP contribution in [0.4, 0.5) is 13.2 Å². The molecule has 0 spiro atoms. The molecule has 1 unspecified atom stereocenters. The van der Waals surface area contributed by atoms with Crippen LogP contribution in [0.2, 0.25) is 0 Å². The summed E-state index contributed by atoms with van der Waals surface area (Å²) in [4.78, 5) is 12.4. The minimum absolute atomic E-state index is 0.0290. The van der Waals surface area contributed by atoms with E-state index in [4.69, 9.17) is 5.11 Å². The highest BCUT2D eigenvalue weighted by atomic mass is 19.4. The lowest BCUT2D eigenvalue weighted by Gasteiger charge is -2.25. The summed E-state index contributed by atoms with van der Waals surface area (Å²) in [6.07, 6.45) is -4.08. The topological polar surface area (TPSA) is 49.8 Å². The molecular formula is C14H18F3NO3. The first-order valence-electron chi connectivity index (χ1n) is 6.47. The average Bonchev–Trinajstić information content (AvgIpc) is 2.36. The van der Waals surface area contributed by atoms with E-state index in [9.17, 15) is 18.0 Å². The summed E-state index contributed by atoms with van der Waals surface area (Å²) in [6, 6.07) is 5.65. The number of nitrogens with zero attached hydrogens (tertiary/aromatic N) is 1. The zero-order valence-electron chi connectivity index (χ0n) is 11.9. The SMILES string of the molecule is CC(c1ccc(OC(F)(F)F)cc1)N(C)CCCC(=O)O. The Morgan fingerprint density at radius 2 is 1.90 bits per heavy atom. The molecule has 0 radical (unpaired) electrons. The fourth-order valence-electron chi connectivity index (χ4n) is 1.88. The number of hydrogen-bond acceptors (Lipinski definition) is 3. The first-order valence-corrected chi connectivity index (χ1v) is 6.47. The molecule has 1 aromatic carbocycles. The van der Waals surface area contributed by atoms with E-state index in [-0.39, 0.29) is 18.2 Å². The molecule has 1 aromatic rings. The molecule has 0 fully saturated rings. The van der Waals surface area contributed by atoms with Crippen LogP contribution in [-0.4, -0.2) is 35.9 Å². The number of aliphatic carboxylic acids is 1. The molecule has 0 heterocycles. The van der Waals surface area contributed by atoms with E-state index >= 15 is 0 Å². The van der Waals surface area contributed by atoms with Gasteiger partial charge in [0.25, 0.3) is 0 Å². The predicted octanol–water partition coefficient (Wildman–Crippen LogP) is 3.44. The van der Waals surface area contributed by atoms with Gasteiger partial charge in [-0.3, -0.25) is 9.69 Å². The second-order valence-electron chi connectivity index (χ2n) is 4.77. The molecule has 1 atom stereocenters. The van der Waals surface area contributed by atoms with Gasteiger partial charge in [-0.1, -0.05) is 12.1 Å². The van der Waals surface area contributed by atoms with Crippen molar-refractivity contribution in [3.63, 3.8) is 0 Å². The van der Waals surface area contributed by atoms with E-state index in [0.29, 0.717) is 13.0 Å². The van der Waals surface area contributed by atoms with Crippen LogP contribution in [0.15, 0.2) is 24.3 Å². The molecular weight excluding hydrogens is 287 g/mol. The van der Waals surface area contributed by atoms with Crippen molar-refractivity contribution in [1.29, 1.82) is 0 Å². The van der Waals surface area contributed by atoms with Gasteiger partial charge in [0.1, 0.15) is 5.75 Å². The summed E-state index contributed by atoms with van der Waals surface area (Å²) in [7, 11) is 1.84. The van der Waals surface area contributed by atoms with E-state index in [0.717, 1.165) is 5.56 Å². The molecule has 1 rings (SSSR count). The molecule has 0 aliphatic rings. The van der Waals surface area contributed by atoms with Crippen LogP contribution in [0.5, 0.6) is 5.75 Å². The fraction of sp³-hybridized carbons (Fsp3) is 0.500. The third-order valence-corrected chi connectivity index (χ3v) is 3.16. The maximum Gasteiger partial charge on any atom is 0.573 e. The molecule has 0 saturated carbocycles. The number of halogens is 3. The van der Waals surface area contributed by atoms with Crippen molar-refractivity contribution < 1.29 is 27.8 Å². The molecule has 118 valence electrons. The van der Waals surface area contributed by atoms with E-state index in [1.807, 2.05) is 18.9 Å². The summed E-state index contributed by atoms with van der Waals surface area (Å²) in [6.45, 7) is 2.49. The Hall–Kier alpha value is -1.76. The van der Waals surface area contributed by atoms with Crippen molar-refractivity contribution in [2.24, 2.45) is 0 Å². The number of carboxylic acids is 1. The third-order valence-electron chi connectivity index (χ3n) is 3.16. The molecule has 21 heavy (non-hydrogen) atoms. The van der Waals surface area contributed by atoms with Crippen LogP contribution in [0.1, 0.15) is 31.4 Å². The van der Waals surface area contributed by atoms with Crippen molar-refractivity contribution in [1.82, 2.24) is 4.90 Å². The van der Waals surface area contributed by atoms with Crippen molar-refractivity contribution in [3.8, 4) is 5.75 Å². The summed E-state index contributed by atoms with van der Waals surface area (Å²) in [5.41, 5.74) is 0.836. The Morgan fingerprint density at radius 3 is 2.38 bits per heavy atom. The van der Waals surface area contributed by atoms with Crippen molar-refractivity contribution >= 4 is 5.97 Å². The molecule has 0 aliphatic carbocycles. The number of carbonyl (C=O) groups is 1. The second-order valence-corrected chi connectivity index (χ2v) is 4.77. The van der Waals surface area contributed by atoms with Crippen LogP contribution < -0.4 is 4.74 Å². The predicted molar refractivity (Wildman–Crippen MR) is 71.0 cm³/mol. The summed E-state index contributed by atoms with van der Waals surface area (Å²) >= 11 is 0. The van der Waals surface area contributed by atoms with Gasteiger partial charge >= 0.3 is 12.3 Å². The van der Waals surface area contributed by atoms with Crippen LogP contribution in [0.3, 0.4) is 0 Å². The summed E-state index contributed by atoms with van der Waals surface area (Å²) in [5.74, 6) is -1.10. The smallest absolute Gasteiger partial charge is 0.481 e. The number of rotatable bonds is 7. The number of alkyl halides is 3. The minimum Gasteiger partial charge on any atom is -0.481 e. The van der Waals surface area contributed by atoms with Gasteiger partial charge in [0.2, 0.25) is 0 Å².